The molecule has 1 aromatic heterocycles. The first kappa shape index (κ1) is 24.2. The van der Waals surface area contributed by atoms with Gasteiger partial charge < -0.3 is 25.4 Å². The van der Waals surface area contributed by atoms with Gasteiger partial charge >= 0.3 is 0 Å². The SMILES string of the molecule is CNc1cccc(-c2cccc(NC(=O)c3cc(OC)c(CNCCOC)cn3)c2C)c1C. The molecule has 0 aliphatic carbocycles. The van der Waals surface area contributed by atoms with Gasteiger partial charge in [0.1, 0.15) is 11.4 Å². The Hall–Kier alpha value is -3.42. The zero-order chi connectivity index (χ0) is 23.8. The molecule has 0 saturated carbocycles. The molecule has 0 bridgehead atoms. The molecule has 0 unspecified atom stereocenters. The Bertz CT molecular complexity index is 1110. The smallest absolute Gasteiger partial charge is 0.274 e. The van der Waals surface area contributed by atoms with Crippen LogP contribution in [0.2, 0.25) is 0 Å². The first-order chi connectivity index (χ1) is 16.0. The van der Waals surface area contributed by atoms with Gasteiger partial charge in [0.25, 0.3) is 5.91 Å². The number of aromatic nitrogens is 1. The maximum Gasteiger partial charge on any atom is 0.274 e. The second kappa shape index (κ2) is 11.4. The molecular weight excluding hydrogens is 416 g/mol. The number of hydrogen-bond donors (Lipinski definition) is 3. The molecule has 0 radical (unpaired) electrons. The molecular formula is C26H32N4O3. The van der Waals surface area contributed by atoms with Crippen LogP contribution in [0.25, 0.3) is 11.1 Å². The summed E-state index contributed by atoms with van der Waals surface area (Å²) >= 11 is 0. The second-order valence-electron chi connectivity index (χ2n) is 7.71. The average Bonchev–Trinajstić information content (AvgIpc) is 2.83. The van der Waals surface area contributed by atoms with Crippen LogP contribution in [0.5, 0.6) is 5.75 Å². The van der Waals surface area contributed by atoms with Crippen LogP contribution >= 0.6 is 0 Å². The highest BCUT2D eigenvalue weighted by Gasteiger charge is 2.15. The molecule has 0 aliphatic heterocycles. The zero-order valence-electron chi connectivity index (χ0n) is 19.9. The first-order valence-corrected chi connectivity index (χ1v) is 10.9. The fourth-order valence-electron chi connectivity index (χ4n) is 3.76. The highest BCUT2D eigenvalue weighted by atomic mass is 16.5. The Morgan fingerprint density at radius 1 is 1.00 bits per heavy atom. The summed E-state index contributed by atoms with van der Waals surface area (Å²) < 4.78 is 10.5. The van der Waals surface area contributed by atoms with Gasteiger partial charge in [-0.2, -0.15) is 0 Å². The monoisotopic (exact) mass is 448 g/mol. The molecule has 3 aromatic rings. The number of methoxy groups -OCH3 is 2. The first-order valence-electron chi connectivity index (χ1n) is 10.9. The van der Waals surface area contributed by atoms with E-state index in [1.54, 1.807) is 26.5 Å². The number of rotatable bonds is 10. The third-order valence-electron chi connectivity index (χ3n) is 5.67. The summed E-state index contributed by atoms with van der Waals surface area (Å²) in [4.78, 5) is 17.3. The summed E-state index contributed by atoms with van der Waals surface area (Å²) in [6, 6.07) is 13.8. The minimum Gasteiger partial charge on any atom is -0.496 e. The van der Waals surface area contributed by atoms with Crippen molar-refractivity contribution >= 4 is 17.3 Å². The Balaban J connectivity index is 1.82. The number of hydrogen-bond acceptors (Lipinski definition) is 6. The van der Waals surface area contributed by atoms with Crippen LogP contribution in [-0.2, 0) is 11.3 Å². The molecule has 7 nitrogen and oxygen atoms in total. The number of amides is 1. The molecule has 1 amide bonds. The lowest BCUT2D eigenvalue weighted by Gasteiger charge is -2.16. The number of ether oxygens (including phenoxy) is 2. The average molecular weight is 449 g/mol. The fourth-order valence-corrected chi connectivity index (χ4v) is 3.76. The third kappa shape index (κ3) is 5.69. The Kier molecular flexibility index (Phi) is 8.40. The molecule has 3 N–H and O–H groups in total. The number of anilines is 2. The van der Waals surface area contributed by atoms with Crippen LogP contribution in [-0.4, -0.2) is 45.3 Å². The number of benzene rings is 2. The molecule has 1 heterocycles. The molecule has 33 heavy (non-hydrogen) atoms. The van der Waals surface area contributed by atoms with Crippen molar-refractivity contribution in [3.63, 3.8) is 0 Å². The quantitative estimate of drug-likeness (QED) is 0.399. The number of pyridine rings is 1. The Morgan fingerprint density at radius 2 is 1.67 bits per heavy atom. The van der Waals surface area contributed by atoms with E-state index in [1.165, 1.54) is 0 Å². The molecule has 0 saturated heterocycles. The van der Waals surface area contributed by atoms with Gasteiger partial charge in [0.2, 0.25) is 0 Å². The second-order valence-corrected chi connectivity index (χ2v) is 7.71. The normalized spacial score (nSPS) is 10.7. The molecule has 0 atom stereocenters. The van der Waals surface area contributed by atoms with E-state index in [1.807, 2.05) is 32.2 Å². The summed E-state index contributed by atoms with van der Waals surface area (Å²) in [5, 5.41) is 9.50. The summed E-state index contributed by atoms with van der Waals surface area (Å²) in [6.45, 7) is 6.02. The molecule has 174 valence electrons. The van der Waals surface area contributed by atoms with E-state index in [0.717, 1.165) is 39.2 Å². The predicted molar refractivity (Wildman–Crippen MR) is 133 cm³/mol. The summed E-state index contributed by atoms with van der Waals surface area (Å²) in [6.07, 6.45) is 1.67. The lowest BCUT2D eigenvalue weighted by molar-refractivity contribution is 0.102. The van der Waals surface area contributed by atoms with E-state index in [-0.39, 0.29) is 5.91 Å². The van der Waals surface area contributed by atoms with E-state index >= 15 is 0 Å². The van der Waals surface area contributed by atoms with Gasteiger partial charge in [-0.1, -0.05) is 24.3 Å². The van der Waals surface area contributed by atoms with Crippen LogP contribution in [0, 0.1) is 13.8 Å². The molecule has 0 spiro atoms. The van der Waals surface area contributed by atoms with E-state index in [2.05, 4.69) is 46.1 Å². The number of nitrogens with one attached hydrogen (secondary N) is 3. The minimum absolute atomic E-state index is 0.284. The molecule has 3 rings (SSSR count). The standard InChI is InChI=1S/C26H32N4O3/c1-17-20(8-6-10-22(17)27-3)21-9-7-11-23(18(21)2)30-26(31)24-14-25(33-5)19(16-29-24)15-28-12-13-32-4/h6-11,14,16,27-28H,12-13,15H2,1-5H3,(H,30,31). The van der Waals surface area contributed by atoms with Crippen molar-refractivity contribution in [1.29, 1.82) is 0 Å². The van der Waals surface area contributed by atoms with E-state index in [4.69, 9.17) is 9.47 Å². The third-order valence-corrected chi connectivity index (χ3v) is 5.67. The van der Waals surface area contributed by atoms with Crippen LogP contribution in [0.3, 0.4) is 0 Å². The van der Waals surface area contributed by atoms with Crippen molar-refractivity contribution in [2.75, 3.05) is 45.1 Å². The van der Waals surface area contributed by atoms with Gasteiger partial charge in [-0.05, 0) is 48.2 Å². The predicted octanol–water partition coefficient (Wildman–Crippen LogP) is 4.40. The Labute approximate surface area is 195 Å². The van der Waals surface area contributed by atoms with Crippen molar-refractivity contribution < 1.29 is 14.3 Å². The van der Waals surface area contributed by atoms with Crippen LogP contribution in [0.15, 0.2) is 48.7 Å². The van der Waals surface area contributed by atoms with Gasteiger partial charge in [0.05, 0.1) is 13.7 Å². The molecule has 7 heteroatoms. The summed E-state index contributed by atoms with van der Waals surface area (Å²) in [7, 11) is 5.16. The van der Waals surface area contributed by atoms with Gasteiger partial charge in [-0.3, -0.25) is 9.78 Å². The zero-order valence-corrected chi connectivity index (χ0v) is 19.9. The molecule has 2 aromatic carbocycles. The van der Waals surface area contributed by atoms with Crippen molar-refractivity contribution in [1.82, 2.24) is 10.3 Å². The van der Waals surface area contributed by atoms with Crippen molar-refractivity contribution in [2.24, 2.45) is 0 Å². The number of carbonyl (C=O) groups is 1. The highest BCUT2D eigenvalue weighted by molar-refractivity contribution is 6.04. The van der Waals surface area contributed by atoms with Gasteiger partial charge in [0, 0.05) is 56.4 Å². The van der Waals surface area contributed by atoms with E-state index in [0.29, 0.717) is 31.1 Å². The Morgan fingerprint density at radius 3 is 2.30 bits per heavy atom. The lowest BCUT2D eigenvalue weighted by Crippen LogP contribution is -2.20. The summed E-state index contributed by atoms with van der Waals surface area (Å²) in [5.74, 6) is 0.332. The van der Waals surface area contributed by atoms with Crippen molar-refractivity contribution in [3.8, 4) is 16.9 Å². The molecule has 0 fully saturated rings. The largest absolute Gasteiger partial charge is 0.496 e. The lowest BCUT2D eigenvalue weighted by atomic mass is 9.94. The highest BCUT2D eigenvalue weighted by Crippen LogP contribution is 2.33. The molecule has 0 aliphatic rings. The van der Waals surface area contributed by atoms with E-state index < -0.39 is 0 Å². The van der Waals surface area contributed by atoms with E-state index in [9.17, 15) is 4.79 Å². The minimum atomic E-state index is -0.284. The van der Waals surface area contributed by atoms with Crippen LogP contribution in [0.1, 0.15) is 27.2 Å². The number of carbonyl (C=O) groups excluding carboxylic acids is 1. The van der Waals surface area contributed by atoms with Gasteiger partial charge in [-0.15, -0.1) is 0 Å². The van der Waals surface area contributed by atoms with Gasteiger partial charge in [-0.25, -0.2) is 0 Å². The van der Waals surface area contributed by atoms with Crippen LogP contribution < -0.4 is 20.7 Å². The van der Waals surface area contributed by atoms with Crippen LogP contribution in [0.4, 0.5) is 11.4 Å². The number of nitrogens with zero attached hydrogens (tertiary/aromatic N) is 1. The summed E-state index contributed by atoms with van der Waals surface area (Å²) in [5.41, 5.74) is 7.35. The topological polar surface area (TPSA) is 84.5 Å². The van der Waals surface area contributed by atoms with Gasteiger partial charge in [0.15, 0.2) is 0 Å². The maximum absolute atomic E-state index is 13.0. The van der Waals surface area contributed by atoms with Crippen molar-refractivity contribution in [2.45, 2.75) is 20.4 Å². The van der Waals surface area contributed by atoms with Crippen molar-refractivity contribution in [3.05, 3.63) is 71.0 Å². The fraction of sp³-hybridized carbons (Fsp3) is 0.308. The maximum atomic E-state index is 13.0.